The van der Waals surface area contributed by atoms with Crippen LogP contribution in [0.3, 0.4) is 0 Å². The number of aromatic nitrogens is 2. The Labute approximate surface area is 117 Å². The molecule has 0 N–H and O–H groups in total. The summed E-state index contributed by atoms with van der Waals surface area (Å²) >= 11 is 5.89. The number of halogens is 1. The van der Waals surface area contributed by atoms with E-state index in [-0.39, 0.29) is 0 Å². The molecule has 0 saturated heterocycles. The van der Waals surface area contributed by atoms with Gasteiger partial charge in [-0.3, -0.25) is 0 Å². The summed E-state index contributed by atoms with van der Waals surface area (Å²) in [6, 6.07) is 15.9. The lowest BCUT2D eigenvalue weighted by Crippen LogP contribution is -1.92. The van der Waals surface area contributed by atoms with Gasteiger partial charge in [-0.1, -0.05) is 35.9 Å². The minimum absolute atomic E-state index is 0.732. The Morgan fingerprint density at radius 3 is 2.47 bits per heavy atom. The van der Waals surface area contributed by atoms with Crippen LogP contribution in [0, 0.1) is 6.92 Å². The third-order valence-electron chi connectivity index (χ3n) is 3.13. The topological polar surface area (TPSA) is 17.8 Å². The molecule has 3 aromatic rings. The quantitative estimate of drug-likeness (QED) is 0.669. The first-order chi connectivity index (χ1) is 9.24. The highest BCUT2D eigenvalue weighted by atomic mass is 35.5. The first-order valence-corrected chi connectivity index (χ1v) is 6.48. The number of hydrogen-bond donors (Lipinski definition) is 0. The lowest BCUT2D eigenvalue weighted by atomic mass is 10.0. The average Bonchev–Trinajstić information content (AvgIpc) is 2.89. The molecule has 1 aromatic heterocycles. The Morgan fingerprint density at radius 2 is 1.74 bits per heavy atom. The lowest BCUT2D eigenvalue weighted by Gasteiger charge is -2.02. The summed E-state index contributed by atoms with van der Waals surface area (Å²) in [6.07, 6.45) is 3.92. The third kappa shape index (κ3) is 2.40. The van der Waals surface area contributed by atoms with Crippen molar-refractivity contribution in [2.24, 2.45) is 0 Å². The molecule has 3 rings (SSSR count). The Morgan fingerprint density at radius 1 is 1.00 bits per heavy atom. The molecule has 0 radical (unpaired) electrons. The molecule has 0 aliphatic rings. The number of hydrogen-bond acceptors (Lipinski definition) is 1. The first kappa shape index (κ1) is 12.0. The zero-order valence-electron chi connectivity index (χ0n) is 10.5. The fraction of sp³-hybridized carbons (Fsp3) is 0.0625. The maximum atomic E-state index is 5.89. The first-order valence-electron chi connectivity index (χ1n) is 6.11. The minimum atomic E-state index is 0.732. The largest absolute Gasteiger partial charge is 0.240 e. The molecule has 1 heterocycles. The van der Waals surface area contributed by atoms with Gasteiger partial charge in [-0.25, -0.2) is 4.68 Å². The van der Waals surface area contributed by atoms with Crippen LogP contribution >= 0.6 is 11.6 Å². The van der Waals surface area contributed by atoms with Crippen molar-refractivity contribution < 1.29 is 0 Å². The molecule has 0 saturated carbocycles. The van der Waals surface area contributed by atoms with Crippen molar-refractivity contribution in [2.75, 3.05) is 0 Å². The van der Waals surface area contributed by atoms with E-state index < -0.39 is 0 Å². The molecule has 2 nitrogen and oxygen atoms in total. The van der Waals surface area contributed by atoms with Gasteiger partial charge in [-0.15, -0.1) is 0 Å². The van der Waals surface area contributed by atoms with E-state index in [9.17, 15) is 0 Å². The minimum Gasteiger partial charge on any atom is -0.240 e. The molecule has 2 aromatic carbocycles. The molecule has 0 bridgehead atoms. The Hall–Kier alpha value is -2.06. The number of benzene rings is 2. The van der Waals surface area contributed by atoms with Gasteiger partial charge in [0.1, 0.15) is 0 Å². The van der Waals surface area contributed by atoms with Crippen molar-refractivity contribution in [1.29, 1.82) is 0 Å². The van der Waals surface area contributed by atoms with Gasteiger partial charge < -0.3 is 0 Å². The molecule has 19 heavy (non-hydrogen) atoms. The smallest absolute Gasteiger partial charge is 0.0646 e. The van der Waals surface area contributed by atoms with Gasteiger partial charge in [-0.05, 0) is 42.3 Å². The normalized spacial score (nSPS) is 10.6. The summed E-state index contributed by atoms with van der Waals surface area (Å²) in [5.74, 6) is 0. The van der Waals surface area contributed by atoms with Crippen molar-refractivity contribution >= 4 is 11.6 Å². The van der Waals surface area contributed by atoms with E-state index in [1.54, 1.807) is 0 Å². The summed E-state index contributed by atoms with van der Waals surface area (Å²) < 4.78 is 1.86. The predicted molar refractivity (Wildman–Crippen MR) is 78.7 cm³/mol. The molecular formula is C16H13ClN2. The van der Waals surface area contributed by atoms with Gasteiger partial charge >= 0.3 is 0 Å². The maximum absolute atomic E-state index is 5.89. The van der Waals surface area contributed by atoms with Crippen LogP contribution in [0.1, 0.15) is 5.56 Å². The standard InChI is InChI=1S/C16H13ClN2/c1-12-4-2-3-5-16(12)13-10-18-19(11-13)15-8-6-14(17)7-9-15/h2-11H,1H3. The van der Waals surface area contributed by atoms with Crippen molar-refractivity contribution in [2.45, 2.75) is 6.92 Å². The Bertz CT molecular complexity index is 699. The summed E-state index contributed by atoms with van der Waals surface area (Å²) in [5, 5.41) is 5.14. The van der Waals surface area contributed by atoms with E-state index in [4.69, 9.17) is 11.6 Å². The van der Waals surface area contributed by atoms with Crippen LogP contribution in [-0.2, 0) is 0 Å². The maximum Gasteiger partial charge on any atom is 0.0646 e. The highest BCUT2D eigenvalue weighted by Gasteiger charge is 2.05. The zero-order chi connectivity index (χ0) is 13.2. The molecule has 0 atom stereocenters. The average molecular weight is 269 g/mol. The SMILES string of the molecule is Cc1ccccc1-c1cnn(-c2ccc(Cl)cc2)c1. The van der Waals surface area contributed by atoms with E-state index in [2.05, 4.69) is 24.2 Å². The van der Waals surface area contributed by atoms with Crippen molar-refractivity contribution in [3.05, 3.63) is 71.5 Å². The molecule has 0 aliphatic carbocycles. The molecule has 0 spiro atoms. The summed E-state index contributed by atoms with van der Waals surface area (Å²) in [5.41, 5.74) is 4.58. The zero-order valence-corrected chi connectivity index (χ0v) is 11.3. The van der Waals surface area contributed by atoms with Gasteiger partial charge in [0, 0.05) is 16.8 Å². The van der Waals surface area contributed by atoms with Gasteiger partial charge in [-0.2, -0.15) is 5.10 Å². The molecule has 0 amide bonds. The van der Waals surface area contributed by atoms with Crippen molar-refractivity contribution in [3.8, 4) is 16.8 Å². The second-order valence-electron chi connectivity index (χ2n) is 4.46. The number of rotatable bonds is 2. The van der Waals surface area contributed by atoms with Crippen LogP contribution in [-0.4, -0.2) is 9.78 Å². The lowest BCUT2D eigenvalue weighted by molar-refractivity contribution is 0.881. The van der Waals surface area contributed by atoms with Crippen LogP contribution in [0.25, 0.3) is 16.8 Å². The number of aryl methyl sites for hydroxylation is 1. The van der Waals surface area contributed by atoms with Gasteiger partial charge in [0.2, 0.25) is 0 Å². The highest BCUT2D eigenvalue weighted by molar-refractivity contribution is 6.30. The molecule has 0 aliphatic heterocycles. The summed E-state index contributed by atoms with van der Waals surface area (Å²) in [4.78, 5) is 0. The van der Waals surface area contributed by atoms with Crippen LogP contribution in [0.2, 0.25) is 5.02 Å². The van der Waals surface area contributed by atoms with E-state index in [1.807, 2.05) is 53.5 Å². The second kappa shape index (κ2) is 4.90. The van der Waals surface area contributed by atoms with Crippen LogP contribution in [0.5, 0.6) is 0 Å². The molecule has 0 fully saturated rings. The third-order valence-corrected chi connectivity index (χ3v) is 3.38. The monoisotopic (exact) mass is 268 g/mol. The van der Waals surface area contributed by atoms with Crippen molar-refractivity contribution in [1.82, 2.24) is 9.78 Å². The van der Waals surface area contributed by atoms with E-state index >= 15 is 0 Å². The fourth-order valence-electron chi connectivity index (χ4n) is 2.09. The number of nitrogens with zero attached hydrogens (tertiary/aromatic N) is 2. The molecule has 94 valence electrons. The van der Waals surface area contributed by atoms with E-state index in [1.165, 1.54) is 11.1 Å². The van der Waals surface area contributed by atoms with Gasteiger partial charge in [0.25, 0.3) is 0 Å². The van der Waals surface area contributed by atoms with Crippen LogP contribution in [0.15, 0.2) is 60.9 Å². The predicted octanol–water partition coefficient (Wildman–Crippen LogP) is 4.50. The Kier molecular flexibility index (Phi) is 3.10. The molecular weight excluding hydrogens is 256 g/mol. The molecule has 3 heteroatoms. The second-order valence-corrected chi connectivity index (χ2v) is 4.90. The molecule has 0 unspecified atom stereocenters. The fourth-order valence-corrected chi connectivity index (χ4v) is 2.22. The van der Waals surface area contributed by atoms with E-state index in [0.29, 0.717) is 0 Å². The summed E-state index contributed by atoms with van der Waals surface area (Å²) in [6.45, 7) is 2.11. The van der Waals surface area contributed by atoms with Crippen molar-refractivity contribution in [3.63, 3.8) is 0 Å². The van der Waals surface area contributed by atoms with Crippen LogP contribution < -0.4 is 0 Å². The highest BCUT2D eigenvalue weighted by Crippen LogP contribution is 2.23. The van der Waals surface area contributed by atoms with E-state index in [0.717, 1.165) is 16.3 Å². The van der Waals surface area contributed by atoms with Gasteiger partial charge in [0.15, 0.2) is 0 Å². The Balaban J connectivity index is 2.00. The van der Waals surface area contributed by atoms with Gasteiger partial charge in [0.05, 0.1) is 11.9 Å². The summed E-state index contributed by atoms with van der Waals surface area (Å²) in [7, 11) is 0. The van der Waals surface area contributed by atoms with Crippen LogP contribution in [0.4, 0.5) is 0 Å².